The molecule has 1 saturated heterocycles. The van der Waals surface area contributed by atoms with E-state index in [-0.39, 0.29) is 0 Å². The molecular weight excluding hydrogens is 210 g/mol. The van der Waals surface area contributed by atoms with Crippen molar-refractivity contribution < 1.29 is 0 Å². The van der Waals surface area contributed by atoms with Gasteiger partial charge in [0, 0.05) is 12.6 Å². The lowest BCUT2D eigenvalue weighted by Gasteiger charge is -2.30. The summed E-state index contributed by atoms with van der Waals surface area (Å²) in [6.07, 6.45) is 4.28. The summed E-state index contributed by atoms with van der Waals surface area (Å²) in [7, 11) is 2.16. The van der Waals surface area contributed by atoms with Crippen molar-refractivity contribution in [3.8, 4) is 0 Å². The third-order valence-corrected chi connectivity index (χ3v) is 2.95. The van der Waals surface area contributed by atoms with Crippen LogP contribution in [0.25, 0.3) is 0 Å². The van der Waals surface area contributed by atoms with E-state index in [1.165, 1.54) is 19.4 Å². The fourth-order valence-electron chi connectivity index (χ4n) is 1.98. The first-order valence-corrected chi connectivity index (χ1v) is 5.68. The maximum atomic E-state index is 5.73. The summed E-state index contributed by atoms with van der Waals surface area (Å²) < 4.78 is 0. The van der Waals surface area contributed by atoms with Gasteiger partial charge in [0.15, 0.2) is 0 Å². The van der Waals surface area contributed by atoms with E-state index < -0.39 is 0 Å². The van der Waals surface area contributed by atoms with E-state index in [9.17, 15) is 0 Å². The topological polar surface area (TPSA) is 28.2 Å². The molecule has 1 aliphatic heterocycles. The van der Waals surface area contributed by atoms with Crippen molar-refractivity contribution in [1.29, 1.82) is 0 Å². The van der Waals surface area contributed by atoms with Crippen LogP contribution in [0.5, 0.6) is 0 Å². The molecule has 1 atom stereocenters. The average Bonchev–Trinajstić information content (AvgIpc) is 2.22. The maximum Gasteiger partial charge on any atom is 0.129 e. The molecule has 15 heavy (non-hydrogen) atoms. The molecule has 1 unspecified atom stereocenters. The number of pyridine rings is 1. The van der Waals surface area contributed by atoms with E-state index in [4.69, 9.17) is 11.6 Å². The van der Waals surface area contributed by atoms with Gasteiger partial charge >= 0.3 is 0 Å². The van der Waals surface area contributed by atoms with Gasteiger partial charge in [-0.05, 0) is 38.6 Å². The molecule has 0 radical (unpaired) electrons. The zero-order valence-corrected chi connectivity index (χ0v) is 9.67. The van der Waals surface area contributed by atoms with Crippen molar-refractivity contribution in [2.75, 3.05) is 25.5 Å². The number of rotatable bonds is 2. The normalized spacial score (nSPS) is 22.7. The zero-order valence-electron chi connectivity index (χ0n) is 8.91. The van der Waals surface area contributed by atoms with Crippen LogP contribution < -0.4 is 5.32 Å². The van der Waals surface area contributed by atoms with Crippen LogP contribution in [0.4, 0.5) is 5.69 Å². The number of halogens is 1. The Morgan fingerprint density at radius 1 is 1.53 bits per heavy atom. The van der Waals surface area contributed by atoms with Crippen LogP contribution in [-0.2, 0) is 0 Å². The molecule has 2 heterocycles. The Balaban J connectivity index is 1.93. The minimum atomic E-state index is 0.534. The molecule has 1 N–H and O–H groups in total. The molecule has 2 rings (SSSR count). The molecule has 1 aromatic rings. The molecule has 82 valence electrons. The average molecular weight is 226 g/mol. The van der Waals surface area contributed by atoms with Gasteiger partial charge in [0.1, 0.15) is 5.15 Å². The van der Waals surface area contributed by atoms with Crippen LogP contribution in [-0.4, -0.2) is 36.1 Å². The van der Waals surface area contributed by atoms with Gasteiger partial charge in [-0.3, -0.25) is 0 Å². The molecule has 0 saturated carbocycles. The Morgan fingerprint density at radius 2 is 2.40 bits per heavy atom. The van der Waals surface area contributed by atoms with E-state index in [1.54, 1.807) is 6.20 Å². The summed E-state index contributed by atoms with van der Waals surface area (Å²) in [4.78, 5) is 6.40. The number of nitrogens with zero attached hydrogens (tertiary/aromatic N) is 2. The van der Waals surface area contributed by atoms with Crippen LogP contribution in [0.3, 0.4) is 0 Å². The quantitative estimate of drug-likeness (QED) is 0.783. The number of anilines is 1. The van der Waals surface area contributed by atoms with Crippen molar-refractivity contribution >= 4 is 17.3 Å². The lowest BCUT2D eigenvalue weighted by molar-refractivity contribution is 0.261. The third kappa shape index (κ3) is 3.08. The number of piperidine rings is 1. The molecule has 4 heteroatoms. The largest absolute Gasteiger partial charge is 0.380 e. The highest BCUT2D eigenvalue weighted by Crippen LogP contribution is 2.15. The fourth-order valence-corrected chi connectivity index (χ4v) is 2.09. The Morgan fingerprint density at radius 3 is 3.07 bits per heavy atom. The molecule has 0 spiro atoms. The Kier molecular flexibility index (Phi) is 3.44. The highest BCUT2D eigenvalue weighted by molar-refractivity contribution is 6.29. The molecule has 0 bridgehead atoms. The Hall–Kier alpha value is -0.800. The van der Waals surface area contributed by atoms with Gasteiger partial charge in [-0.2, -0.15) is 0 Å². The summed E-state index contributed by atoms with van der Waals surface area (Å²) in [6.45, 7) is 2.31. The van der Waals surface area contributed by atoms with Crippen LogP contribution in [0.2, 0.25) is 5.15 Å². The van der Waals surface area contributed by atoms with E-state index in [2.05, 4.69) is 22.2 Å². The van der Waals surface area contributed by atoms with Crippen LogP contribution >= 0.6 is 11.6 Å². The second kappa shape index (κ2) is 4.81. The maximum absolute atomic E-state index is 5.73. The molecular formula is C11H16ClN3. The second-order valence-electron chi connectivity index (χ2n) is 4.12. The van der Waals surface area contributed by atoms with E-state index in [0.717, 1.165) is 12.2 Å². The number of likely N-dealkylation sites (N-methyl/N-ethyl adjacent to an activating group) is 1. The summed E-state index contributed by atoms with van der Waals surface area (Å²) in [6, 6.07) is 4.33. The fraction of sp³-hybridized carbons (Fsp3) is 0.545. The zero-order chi connectivity index (χ0) is 10.7. The van der Waals surface area contributed by atoms with Gasteiger partial charge in [0.2, 0.25) is 0 Å². The van der Waals surface area contributed by atoms with Crippen LogP contribution in [0.1, 0.15) is 12.8 Å². The molecule has 0 aliphatic carbocycles. The van der Waals surface area contributed by atoms with Crippen molar-refractivity contribution in [2.24, 2.45) is 0 Å². The molecule has 0 aromatic carbocycles. The monoisotopic (exact) mass is 225 g/mol. The molecule has 1 aromatic heterocycles. The van der Waals surface area contributed by atoms with Gasteiger partial charge in [0.05, 0.1) is 11.9 Å². The summed E-state index contributed by atoms with van der Waals surface area (Å²) in [5, 5.41) is 4.02. The lowest BCUT2D eigenvalue weighted by atomic mass is 10.1. The minimum absolute atomic E-state index is 0.534. The second-order valence-corrected chi connectivity index (χ2v) is 4.50. The highest BCUT2D eigenvalue weighted by Gasteiger charge is 2.16. The van der Waals surface area contributed by atoms with Gasteiger partial charge in [-0.25, -0.2) is 4.98 Å². The molecule has 1 aliphatic rings. The predicted octanol–water partition coefficient (Wildman–Crippen LogP) is 2.24. The van der Waals surface area contributed by atoms with Crippen molar-refractivity contribution in [1.82, 2.24) is 9.88 Å². The third-order valence-electron chi connectivity index (χ3n) is 2.72. The number of likely N-dealkylation sites (tertiary alicyclic amines) is 1. The van der Waals surface area contributed by atoms with Gasteiger partial charge in [0.25, 0.3) is 0 Å². The first-order chi connectivity index (χ1) is 7.24. The summed E-state index contributed by atoms with van der Waals surface area (Å²) in [5.74, 6) is 0. The van der Waals surface area contributed by atoms with E-state index in [1.807, 2.05) is 12.1 Å². The standard InChI is InChI=1S/C11H16ClN3/c1-15-6-2-3-10(8-15)14-9-4-5-11(12)13-7-9/h4-5,7,10,14H,2-3,6,8H2,1H3. The van der Waals surface area contributed by atoms with Crippen LogP contribution in [0, 0.1) is 0 Å². The first-order valence-electron chi connectivity index (χ1n) is 5.30. The van der Waals surface area contributed by atoms with Gasteiger partial charge < -0.3 is 10.2 Å². The first kappa shape index (κ1) is 10.7. The summed E-state index contributed by atoms with van der Waals surface area (Å²) >= 11 is 5.73. The van der Waals surface area contributed by atoms with E-state index >= 15 is 0 Å². The number of aromatic nitrogens is 1. The number of hydrogen-bond donors (Lipinski definition) is 1. The van der Waals surface area contributed by atoms with Crippen molar-refractivity contribution in [3.05, 3.63) is 23.5 Å². The lowest BCUT2D eigenvalue weighted by Crippen LogP contribution is -2.39. The van der Waals surface area contributed by atoms with Crippen molar-refractivity contribution in [2.45, 2.75) is 18.9 Å². The van der Waals surface area contributed by atoms with Crippen molar-refractivity contribution in [3.63, 3.8) is 0 Å². The van der Waals surface area contributed by atoms with E-state index in [0.29, 0.717) is 11.2 Å². The smallest absolute Gasteiger partial charge is 0.129 e. The Labute approximate surface area is 95.4 Å². The SMILES string of the molecule is CN1CCCC(Nc2ccc(Cl)nc2)C1. The Bertz CT molecular complexity index is 312. The number of hydrogen-bond acceptors (Lipinski definition) is 3. The number of nitrogens with one attached hydrogen (secondary N) is 1. The molecule has 3 nitrogen and oxygen atoms in total. The van der Waals surface area contributed by atoms with Gasteiger partial charge in [-0.15, -0.1) is 0 Å². The predicted molar refractivity (Wildman–Crippen MR) is 63.4 cm³/mol. The van der Waals surface area contributed by atoms with Crippen LogP contribution in [0.15, 0.2) is 18.3 Å². The summed E-state index contributed by atoms with van der Waals surface area (Å²) in [5.41, 5.74) is 1.06. The molecule has 1 fully saturated rings. The highest BCUT2D eigenvalue weighted by atomic mass is 35.5. The van der Waals surface area contributed by atoms with Gasteiger partial charge in [-0.1, -0.05) is 11.6 Å². The minimum Gasteiger partial charge on any atom is -0.380 e. The molecule has 0 amide bonds.